The molecule has 1 fully saturated rings. The van der Waals surface area contributed by atoms with Gasteiger partial charge in [-0.15, -0.1) is 0 Å². The first-order valence-electron chi connectivity index (χ1n) is 8.97. The zero-order chi connectivity index (χ0) is 16.8. The number of imidazole rings is 1. The summed E-state index contributed by atoms with van der Waals surface area (Å²) in [6.07, 6.45) is 8.03. The standard InChI is InChI=1S/C19H27N3O2/c1-24-14-19(23)20-13-18-21-16-9-5-6-10-17(16)22(18)12-11-15-7-3-2-4-8-15/h5-6,9-10,15H,2-4,7-8,11-14H2,1H3,(H,20,23). The lowest BCUT2D eigenvalue weighted by Crippen LogP contribution is -2.28. The molecule has 0 unspecified atom stereocenters. The molecule has 1 aliphatic carbocycles. The van der Waals surface area contributed by atoms with Crippen molar-refractivity contribution < 1.29 is 9.53 Å². The Labute approximate surface area is 143 Å². The lowest BCUT2D eigenvalue weighted by molar-refractivity contribution is -0.124. The van der Waals surface area contributed by atoms with Gasteiger partial charge in [-0.2, -0.15) is 0 Å². The maximum atomic E-state index is 11.7. The maximum absolute atomic E-state index is 11.7. The Bertz CT molecular complexity index is 674. The molecule has 5 nitrogen and oxygen atoms in total. The first kappa shape index (κ1) is 17.0. The average Bonchev–Trinajstić information content (AvgIpc) is 2.97. The summed E-state index contributed by atoms with van der Waals surface area (Å²) in [5, 5.41) is 2.89. The molecule has 0 radical (unpaired) electrons. The van der Waals surface area contributed by atoms with Gasteiger partial charge in [-0.05, 0) is 24.5 Å². The van der Waals surface area contributed by atoms with Crippen molar-refractivity contribution >= 4 is 16.9 Å². The van der Waals surface area contributed by atoms with Crippen LogP contribution in [0.4, 0.5) is 0 Å². The van der Waals surface area contributed by atoms with Crippen LogP contribution in [-0.2, 0) is 22.6 Å². The number of carbonyl (C=O) groups excluding carboxylic acids is 1. The van der Waals surface area contributed by atoms with Gasteiger partial charge >= 0.3 is 0 Å². The molecule has 0 spiro atoms. The topological polar surface area (TPSA) is 56.1 Å². The van der Waals surface area contributed by atoms with Crippen molar-refractivity contribution in [1.82, 2.24) is 14.9 Å². The van der Waals surface area contributed by atoms with Gasteiger partial charge in [0.1, 0.15) is 12.4 Å². The predicted molar refractivity (Wildman–Crippen MR) is 94.6 cm³/mol. The molecule has 5 heteroatoms. The van der Waals surface area contributed by atoms with Crippen LogP contribution in [0.3, 0.4) is 0 Å². The van der Waals surface area contributed by atoms with Gasteiger partial charge in [0.2, 0.25) is 5.91 Å². The molecule has 0 atom stereocenters. The summed E-state index contributed by atoms with van der Waals surface area (Å²) in [7, 11) is 1.53. The number of benzene rings is 1. The van der Waals surface area contributed by atoms with E-state index in [4.69, 9.17) is 9.72 Å². The van der Waals surface area contributed by atoms with Gasteiger partial charge in [0.25, 0.3) is 0 Å². The SMILES string of the molecule is COCC(=O)NCc1nc2ccccc2n1CCC1CCCCC1. The molecule has 2 aromatic rings. The van der Waals surface area contributed by atoms with Crippen LogP contribution in [0, 0.1) is 5.92 Å². The van der Waals surface area contributed by atoms with Crippen LogP contribution in [0.15, 0.2) is 24.3 Å². The van der Waals surface area contributed by atoms with E-state index in [9.17, 15) is 4.79 Å². The fraction of sp³-hybridized carbons (Fsp3) is 0.579. The van der Waals surface area contributed by atoms with E-state index in [1.807, 2.05) is 12.1 Å². The number of nitrogens with zero attached hydrogens (tertiary/aromatic N) is 2. The zero-order valence-electron chi connectivity index (χ0n) is 14.5. The van der Waals surface area contributed by atoms with E-state index in [0.717, 1.165) is 29.3 Å². The number of ether oxygens (including phenoxy) is 1. The Kier molecular flexibility index (Phi) is 5.86. The smallest absolute Gasteiger partial charge is 0.246 e. The molecular formula is C19H27N3O2. The van der Waals surface area contributed by atoms with Crippen LogP contribution in [0.25, 0.3) is 11.0 Å². The van der Waals surface area contributed by atoms with Crippen LogP contribution >= 0.6 is 0 Å². The molecule has 3 rings (SSSR count). The van der Waals surface area contributed by atoms with Crippen molar-refractivity contribution in [1.29, 1.82) is 0 Å². The zero-order valence-corrected chi connectivity index (χ0v) is 14.5. The number of para-hydroxylation sites is 2. The molecule has 0 bridgehead atoms. The third-order valence-corrected chi connectivity index (χ3v) is 4.94. The van der Waals surface area contributed by atoms with E-state index in [1.165, 1.54) is 45.6 Å². The van der Waals surface area contributed by atoms with Gasteiger partial charge in [0.05, 0.1) is 17.6 Å². The Balaban J connectivity index is 1.72. The molecule has 1 aliphatic rings. The quantitative estimate of drug-likeness (QED) is 0.848. The molecule has 1 aromatic heterocycles. The number of carbonyl (C=O) groups is 1. The highest BCUT2D eigenvalue weighted by atomic mass is 16.5. The monoisotopic (exact) mass is 329 g/mol. The summed E-state index contributed by atoms with van der Waals surface area (Å²) < 4.78 is 7.14. The van der Waals surface area contributed by atoms with Gasteiger partial charge in [0.15, 0.2) is 0 Å². The average molecular weight is 329 g/mol. The van der Waals surface area contributed by atoms with Crippen molar-refractivity contribution in [3.8, 4) is 0 Å². The summed E-state index contributed by atoms with van der Waals surface area (Å²) in [5.74, 6) is 1.65. The van der Waals surface area contributed by atoms with Crippen LogP contribution in [0.1, 0.15) is 44.3 Å². The Hall–Kier alpha value is -1.88. The number of methoxy groups -OCH3 is 1. The third kappa shape index (κ3) is 4.15. The number of nitrogens with one attached hydrogen (secondary N) is 1. The largest absolute Gasteiger partial charge is 0.375 e. The molecular weight excluding hydrogens is 302 g/mol. The first-order chi connectivity index (χ1) is 11.8. The first-order valence-corrected chi connectivity index (χ1v) is 8.97. The second-order valence-electron chi connectivity index (χ2n) is 6.67. The molecule has 1 amide bonds. The summed E-state index contributed by atoms with van der Waals surface area (Å²) in [5.41, 5.74) is 2.15. The third-order valence-electron chi connectivity index (χ3n) is 4.94. The Morgan fingerprint density at radius 3 is 2.88 bits per heavy atom. The van der Waals surface area contributed by atoms with Gasteiger partial charge < -0.3 is 14.6 Å². The highest BCUT2D eigenvalue weighted by Crippen LogP contribution is 2.27. The summed E-state index contributed by atoms with van der Waals surface area (Å²) in [4.78, 5) is 16.4. The van der Waals surface area contributed by atoms with Crippen molar-refractivity contribution in [2.75, 3.05) is 13.7 Å². The number of hydrogen-bond acceptors (Lipinski definition) is 3. The summed E-state index contributed by atoms with van der Waals surface area (Å²) in [6.45, 7) is 1.50. The molecule has 0 aliphatic heterocycles. The van der Waals surface area contributed by atoms with E-state index in [0.29, 0.717) is 6.54 Å². The lowest BCUT2D eigenvalue weighted by atomic mass is 9.87. The fourth-order valence-electron chi connectivity index (χ4n) is 3.66. The molecule has 24 heavy (non-hydrogen) atoms. The van der Waals surface area contributed by atoms with Crippen LogP contribution in [0.2, 0.25) is 0 Å². The van der Waals surface area contributed by atoms with Crippen LogP contribution < -0.4 is 5.32 Å². The minimum absolute atomic E-state index is 0.0856. The predicted octanol–water partition coefficient (Wildman–Crippen LogP) is 3.27. The van der Waals surface area contributed by atoms with Crippen LogP contribution in [0.5, 0.6) is 0 Å². The molecule has 0 saturated heterocycles. The van der Waals surface area contributed by atoms with Gasteiger partial charge in [-0.25, -0.2) is 4.98 Å². The van der Waals surface area contributed by atoms with Crippen LogP contribution in [-0.4, -0.2) is 29.2 Å². The fourth-order valence-corrected chi connectivity index (χ4v) is 3.66. The molecule has 1 saturated carbocycles. The molecule has 1 heterocycles. The number of aromatic nitrogens is 2. The van der Waals surface area contributed by atoms with Gasteiger partial charge in [0, 0.05) is 13.7 Å². The molecule has 130 valence electrons. The molecule has 1 aromatic carbocycles. The number of aryl methyl sites for hydroxylation is 1. The lowest BCUT2D eigenvalue weighted by Gasteiger charge is -2.22. The van der Waals surface area contributed by atoms with Crippen molar-refractivity contribution in [3.63, 3.8) is 0 Å². The van der Waals surface area contributed by atoms with E-state index < -0.39 is 0 Å². The Morgan fingerprint density at radius 2 is 2.08 bits per heavy atom. The number of amides is 1. The maximum Gasteiger partial charge on any atom is 0.246 e. The number of fused-ring (bicyclic) bond motifs is 1. The van der Waals surface area contributed by atoms with E-state index in [2.05, 4.69) is 22.0 Å². The minimum Gasteiger partial charge on any atom is -0.375 e. The second-order valence-corrected chi connectivity index (χ2v) is 6.67. The van der Waals surface area contributed by atoms with E-state index >= 15 is 0 Å². The molecule has 1 N–H and O–H groups in total. The van der Waals surface area contributed by atoms with Crippen molar-refractivity contribution in [2.24, 2.45) is 5.92 Å². The van der Waals surface area contributed by atoms with E-state index in [1.54, 1.807) is 0 Å². The number of rotatable bonds is 7. The highest BCUT2D eigenvalue weighted by Gasteiger charge is 2.16. The number of hydrogen-bond donors (Lipinski definition) is 1. The normalized spacial score (nSPS) is 15.7. The van der Waals surface area contributed by atoms with Crippen molar-refractivity contribution in [3.05, 3.63) is 30.1 Å². The minimum atomic E-state index is -0.108. The van der Waals surface area contributed by atoms with Crippen molar-refractivity contribution in [2.45, 2.75) is 51.6 Å². The summed E-state index contributed by atoms with van der Waals surface area (Å²) in [6, 6.07) is 8.21. The van der Waals surface area contributed by atoms with E-state index in [-0.39, 0.29) is 12.5 Å². The second kappa shape index (κ2) is 8.29. The van der Waals surface area contributed by atoms with Gasteiger partial charge in [-0.3, -0.25) is 4.79 Å². The highest BCUT2D eigenvalue weighted by molar-refractivity contribution is 5.78. The Morgan fingerprint density at radius 1 is 1.29 bits per heavy atom. The summed E-state index contributed by atoms with van der Waals surface area (Å²) >= 11 is 0. The van der Waals surface area contributed by atoms with Gasteiger partial charge in [-0.1, -0.05) is 44.2 Å².